The van der Waals surface area contributed by atoms with Gasteiger partial charge in [0.05, 0.1) is 6.04 Å². The largest absolute Gasteiger partial charge is 0.492 e. The molecule has 0 saturated carbocycles. The van der Waals surface area contributed by atoms with Crippen molar-refractivity contribution in [3.63, 3.8) is 0 Å². The Balaban J connectivity index is 1.02. The van der Waals surface area contributed by atoms with E-state index in [-0.39, 0.29) is 17.5 Å². The molecule has 4 aromatic rings. The number of piperidine rings is 1. The molecule has 0 radical (unpaired) electrons. The SMILES string of the molecule is CC1C(=O)N(C)CCN1CCOc1ccc(C2CCN(c3ccc(-c4cn(C)c(=O)c5[nH]ccc45)cc3)CC2)cc1. The average Bonchev–Trinajstić information content (AvgIpc) is 3.50. The summed E-state index contributed by atoms with van der Waals surface area (Å²) >= 11 is 0. The second kappa shape index (κ2) is 11.4. The molecule has 1 amide bonds. The van der Waals surface area contributed by atoms with Gasteiger partial charge in [0, 0.05) is 75.8 Å². The van der Waals surface area contributed by atoms with E-state index in [9.17, 15) is 9.59 Å². The Bertz CT molecular complexity index is 1570. The van der Waals surface area contributed by atoms with Gasteiger partial charge in [0.1, 0.15) is 17.9 Å². The second-order valence-corrected chi connectivity index (χ2v) is 11.4. The molecule has 2 aliphatic heterocycles. The third-order valence-electron chi connectivity index (χ3n) is 8.94. The van der Waals surface area contributed by atoms with Gasteiger partial charge in [-0.3, -0.25) is 14.5 Å². The van der Waals surface area contributed by atoms with Crippen molar-refractivity contribution >= 4 is 22.5 Å². The number of amides is 1. The van der Waals surface area contributed by atoms with Crippen molar-refractivity contribution in [1.82, 2.24) is 19.4 Å². The van der Waals surface area contributed by atoms with Crippen molar-refractivity contribution in [2.24, 2.45) is 7.05 Å². The number of carbonyl (C=O) groups excluding carboxylic acids is 1. The number of benzene rings is 2. The highest BCUT2D eigenvalue weighted by molar-refractivity contribution is 5.94. The summed E-state index contributed by atoms with van der Waals surface area (Å²) in [6.07, 6.45) is 5.98. The molecule has 41 heavy (non-hydrogen) atoms. The summed E-state index contributed by atoms with van der Waals surface area (Å²) in [5.41, 5.74) is 5.42. The number of aromatic amines is 1. The lowest BCUT2D eigenvalue weighted by atomic mass is 9.89. The van der Waals surface area contributed by atoms with E-state index < -0.39 is 0 Å². The van der Waals surface area contributed by atoms with Gasteiger partial charge in [-0.25, -0.2) is 0 Å². The van der Waals surface area contributed by atoms with E-state index in [1.165, 1.54) is 11.3 Å². The fourth-order valence-corrected chi connectivity index (χ4v) is 6.30. The molecule has 2 aliphatic rings. The van der Waals surface area contributed by atoms with Gasteiger partial charge < -0.3 is 24.1 Å². The number of aryl methyl sites for hydroxylation is 1. The molecule has 8 nitrogen and oxygen atoms in total. The zero-order valence-electron chi connectivity index (χ0n) is 24.2. The van der Waals surface area contributed by atoms with Gasteiger partial charge in [0.25, 0.3) is 5.56 Å². The molecule has 8 heteroatoms. The fourth-order valence-electron chi connectivity index (χ4n) is 6.30. The number of nitrogens with zero attached hydrogens (tertiary/aromatic N) is 4. The first kappa shape index (κ1) is 27.1. The lowest BCUT2D eigenvalue weighted by Gasteiger charge is -2.37. The van der Waals surface area contributed by atoms with Crippen LogP contribution in [0.15, 0.2) is 71.8 Å². The van der Waals surface area contributed by atoms with E-state index in [0.29, 0.717) is 18.0 Å². The Kier molecular flexibility index (Phi) is 7.58. The van der Waals surface area contributed by atoms with Gasteiger partial charge in [-0.1, -0.05) is 24.3 Å². The van der Waals surface area contributed by atoms with Crippen LogP contribution in [0.2, 0.25) is 0 Å². The first-order valence-corrected chi connectivity index (χ1v) is 14.6. The number of hydrogen-bond donors (Lipinski definition) is 1. The van der Waals surface area contributed by atoms with E-state index in [0.717, 1.165) is 67.8 Å². The molecule has 1 atom stereocenters. The van der Waals surface area contributed by atoms with Gasteiger partial charge in [-0.2, -0.15) is 0 Å². The van der Waals surface area contributed by atoms with Crippen LogP contribution in [0.25, 0.3) is 22.0 Å². The minimum absolute atomic E-state index is 0.00924. The number of likely N-dealkylation sites (N-methyl/N-ethyl adjacent to an activating group) is 1. The van der Waals surface area contributed by atoms with Gasteiger partial charge in [-0.15, -0.1) is 0 Å². The summed E-state index contributed by atoms with van der Waals surface area (Å²) in [5, 5.41) is 0.958. The number of H-pyrrole nitrogens is 1. The molecule has 1 N–H and O–H groups in total. The normalized spacial score (nSPS) is 18.8. The fraction of sp³-hybridized carbons (Fsp3) is 0.394. The predicted molar refractivity (Wildman–Crippen MR) is 164 cm³/mol. The van der Waals surface area contributed by atoms with Crippen LogP contribution in [0, 0.1) is 0 Å². The molecule has 0 aliphatic carbocycles. The first-order chi connectivity index (χ1) is 19.9. The average molecular weight is 554 g/mol. The number of rotatable bonds is 7. The zero-order valence-corrected chi connectivity index (χ0v) is 24.2. The Hall–Kier alpha value is -4.04. The van der Waals surface area contributed by atoms with Crippen LogP contribution in [0.1, 0.15) is 31.2 Å². The van der Waals surface area contributed by atoms with Crippen LogP contribution in [0.5, 0.6) is 5.75 Å². The quantitative estimate of drug-likeness (QED) is 0.366. The van der Waals surface area contributed by atoms with E-state index >= 15 is 0 Å². The number of nitrogens with one attached hydrogen (secondary N) is 1. The summed E-state index contributed by atoms with van der Waals surface area (Å²) < 4.78 is 7.66. The molecule has 2 aromatic heterocycles. The van der Waals surface area contributed by atoms with Gasteiger partial charge in [0.2, 0.25) is 5.91 Å². The molecule has 2 aromatic carbocycles. The maximum absolute atomic E-state index is 12.4. The van der Waals surface area contributed by atoms with Crippen LogP contribution < -0.4 is 15.2 Å². The van der Waals surface area contributed by atoms with Crippen molar-refractivity contribution < 1.29 is 9.53 Å². The Labute approximate surface area is 241 Å². The number of piperazine rings is 1. The highest BCUT2D eigenvalue weighted by Crippen LogP contribution is 2.33. The maximum atomic E-state index is 12.4. The van der Waals surface area contributed by atoms with Crippen LogP contribution >= 0.6 is 0 Å². The summed E-state index contributed by atoms with van der Waals surface area (Å²) in [7, 11) is 3.67. The van der Waals surface area contributed by atoms with Crippen LogP contribution in [-0.4, -0.2) is 77.7 Å². The third kappa shape index (κ3) is 5.48. The molecule has 2 saturated heterocycles. The minimum Gasteiger partial charge on any atom is -0.492 e. The summed E-state index contributed by atoms with van der Waals surface area (Å²) in [6, 6.07) is 19.2. The highest BCUT2D eigenvalue weighted by atomic mass is 16.5. The smallest absolute Gasteiger partial charge is 0.274 e. The number of anilines is 1. The Morgan fingerprint density at radius 2 is 1.63 bits per heavy atom. The van der Waals surface area contributed by atoms with Crippen molar-refractivity contribution in [2.75, 3.05) is 51.3 Å². The third-order valence-corrected chi connectivity index (χ3v) is 8.94. The molecule has 1 unspecified atom stereocenters. The summed E-state index contributed by atoms with van der Waals surface area (Å²) in [6.45, 7) is 7.01. The van der Waals surface area contributed by atoms with E-state index in [1.807, 2.05) is 32.4 Å². The molecule has 2 fully saturated rings. The van der Waals surface area contributed by atoms with Gasteiger partial charge >= 0.3 is 0 Å². The Morgan fingerprint density at radius 3 is 2.37 bits per heavy atom. The standard InChI is InChI=1S/C33H39N5O3/c1-23-32(39)35(2)18-19-37(23)20-21-41-28-10-6-24(7-11-28)25-13-16-38(17-14-25)27-8-4-26(5-9-27)30-22-36(3)33(40)31-29(30)12-15-34-31/h4-12,15,22-23,25,34H,13-14,16-21H2,1-3H3. The van der Waals surface area contributed by atoms with Crippen molar-refractivity contribution in [2.45, 2.75) is 31.7 Å². The number of aromatic nitrogens is 2. The maximum Gasteiger partial charge on any atom is 0.274 e. The van der Waals surface area contributed by atoms with Crippen LogP contribution in [-0.2, 0) is 11.8 Å². The molecule has 6 rings (SSSR count). The highest BCUT2D eigenvalue weighted by Gasteiger charge is 2.29. The number of pyridine rings is 1. The first-order valence-electron chi connectivity index (χ1n) is 14.6. The van der Waals surface area contributed by atoms with E-state index in [4.69, 9.17) is 4.74 Å². The van der Waals surface area contributed by atoms with Crippen LogP contribution in [0.4, 0.5) is 5.69 Å². The molecule has 0 spiro atoms. The zero-order chi connectivity index (χ0) is 28.5. The van der Waals surface area contributed by atoms with Crippen LogP contribution in [0.3, 0.4) is 0 Å². The van der Waals surface area contributed by atoms with E-state index in [1.54, 1.807) is 16.5 Å². The predicted octanol–water partition coefficient (Wildman–Crippen LogP) is 4.46. The topological polar surface area (TPSA) is 73.8 Å². The van der Waals surface area contributed by atoms with Gasteiger partial charge in [-0.05, 0) is 67.1 Å². The van der Waals surface area contributed by atoms with Crippen molar-refractivity contribution in [1.29, 1.82) is 0 Å². The van der Waals surface area contributed by atoms with E-state index in [2.05, 4.69) is 63.3 Å². The number of carbonyl (C=O) groups is 1. The molecular formula is C33H39N5O3. The minimum atomic E-state index is -0.0838. The van der Waals surface area contributed by atoms with Gasteiger partial charge in [0.15, 0.2) is 0 Å². The summed E-state index contributed by atoms with van der Waals surface area (Å²) in [4.78, 5) is 34.2. The lowest BCUT2D eigenvalue weighted by molar-refractivity contribution is -0.139. The number of fused-ring (bicyclic) bond motifs is 1. The van der Waals surface area contributed by atoms with Crippen molar-refractivity contribution in [3.05, 3.63) is 82.9 Å². The lowest BCUT2D eigenvalue weighted by Crippen LogP contribution is -2.55. The monoisotopic (exact) mass is 553 g/mol. The summed E-state index contributed by atoms with van der Waals surface area (Å²) in [5.74, 6) is 1.61. The molecule has 4 heterocycles. The Morgan fingerprint density at radius 1 is 0.902 bits per heavy atom. The number of ether oxygens (including phenoxy) is 1. The molecule has 0 bridgehead atoms. The van der Waals surface area contributed by atoms with Crippen molar-refractivity contribution in [3.8, 4) is 16.9 Å². The molecular weight excluding hydrogens is 514 g/mol. The number of hydrogen-bond acceptors (Lipinski definition) is 5. The second-order valence-electron chi connectivity index (χ2n) is 11.4. The molecule has 214 valence electrons.